The first-order valence-electron chi connectivity index (χ1n) is 6.81. The molecule has 0 aliphatic rings. The average molecular weight is 298 g/mol. The van der Waals surface area contributed by atoms with Crippen LogP contribution in [0.25, 0.3) is 16.9 Å². The van der Waals surface area contributed by atoms with Crippen molar-refractivity contribution in [3.8, 4) is 16.9 Å². The van der Waals surface area contributed by atoms with Gasteiger partial charge >= 0.3 is 0 Å². The normalized spacial score (nSPS) is 10.8. The van der Waals surface area contributed by atoms with Gasteiger partial charge in [-0.15, -0.1) is 0 Å². The minimum absolute atomic E-state index is 0.736. The highest BCUT2D eigenvalue weighted by Gasteiger charge is 2.09. The third kappa shape index (κ3) is 2.84. The molecule has 0 saturated heterocycles. The fraction of sp³-hybridized carbons (Fsp3) is 0.118. The highest BCUT2D eigenvalue weighted by Crippen LogP contribution is 2.25. The second kappa shape index (κ2) is 6.12. The molecule has 106 valence electrons. The minimum atomic E-state index is 0.736. The molecule has 3 aromatic rings. The maximum Gasteiger partial charge on any atom is 0.0997 e. The van der Waals surface area contributed by atoms with Crippen LogP contribution in [-0.4, -0.2) is 16.6 Å². The fourth-order valence-electron chi connectivity index (χ4n) is 2.41. The van der Waals surface area contributed by atoms with Crippen LogP contribution < -0.4 is 5.32 Å². The molecule has 0 unspecified atom stereocenters. The Kier molecular flexibility index (Phi) is 4.04. The maximum atomic E-state index is 5.97. The summed E-state index contributed by atoms with van der Waals surface area (Å²) in [6.07, 6.45) is 3.72. The third-order valence-electron chi connectivity index (χ3n) is 3.40. The number of hydrogen-bond acceptors (Lipinski definition) is 2. The van der Waals surface area contributed by atoms with Crippen molar-refractivity contribution in [2.45, 2.75) is 6.54 Å². The van der Waals surface area contributed by atoms with Gasteiger partial charge in [-0.3, -0.25) is 4.57 Å². The lowest BCUT2D eigenvalue weighted by Gasteiger charge is -2.13. The SMILES string of the molecule is CNCc1ccccc1-n1cncc1-c1ccc(Cl)cc1. The summed E-state index contributed by atoms with van der Waals surface area (Å²) in [5, 5.41) is 3.94. The van der Waals surface area contributed by atoms with Crippen LogP contribution in [0.15, 0.2) is 61.1 Å². The number of benzene rings is 2. The molecule has 2 aromatic carbocycles. The second-order valence-corrected chi connectivity index (χ2v) is 5.25. The van der Waals surface area contributed by atoms with E-state index < -0.39 is 0 Å². The molecule has 0 aliphatic carbocycles. The molecule has 3 nitrogen and oxygen atoms in total. The van der Waals surface area contributed by atoms with E-state index in [2.05, 4.69) is 33.1 Å². The molecular weight excluding hydrogens is 282 g/mol. The van der Waals surface area contributed by atoms with Gasteiger partial charge in [0.1, 0.15) is 0 Å². The van der Waals surface area contributed by atoms with Crippen LogP contribution in [-0.2, 0) is 6.54 Å². The average Bonchev–Trinajstić information content (AvgIpc) is 2.98. The first-order valence-corrected chi connectivity index (χ1v) is 7.18. The molecule has 1 aromatic heterocycles. The maximum absolute atomic E-state index is 5.97. The van der Waals surface area contributed by atoms with Crippen LogP contribution in [0.2, 0.25) is 5.02 Å². The summed E-state index contributed by atoms with van der Waals surface area (Å²) in [7, 11) is 1.95. The van der Waals surface area contributed by atoms with E-state index in [4.69, 9.17) is 11.6 Å². The smallest absolute Gasteiger partial charge is 0.0997 e. The molecule has 4 heteroatoms. The monoisotopic (exact) mass is 297 g/mol. The van der Waals surface area contributed by atoms with E-state index in [0.717, 1.165) is 28.5 Å². The Morgan fingerprint density at radius 1 is 1.10 bits per heavy atom. The van der Waals surface area contributed by atoms with Gasteiger partial charge in [0, 0.05) is 17.1 Å². The van der Waals surface area contributed by atoms with E-state index in [1.165, 1.54) is 5.56 Å². The molecule has 3 rings (SSSR count). The highest BCUT2D eigenvalue weighted by molar-refractivity contribution is 6.30. The van der Waals surface area contributed by atoms with E-state index in [1.807, 2.05) is 49.9 Å². The molecule has 0 spiro atoms. The molecule has 21 heavy (non-hydrogen) atoms. The van der Waals surface area contributed by atoms with Gasteiger partial charge in [-0.05, 0) is 30.8 Å². The summed E-state index contributed by atoms with van der Waals surface area (Å²) in [5.41, 5.74) is 4.51. The number of imidazole rings is 1. The van der Waals surface area contributed by atoms with Crippen LogP contribution in [0.5, 0.6) is 0 Å². The van der Waals surface area contributed by atoms with Crippen molar-refractivity contribution in [1.29, 1.82) is 0 Å². The van der Waals surface area contributed by atoms with Crippen LogP contribution in [0.3, 0.4) is 0 Å². The van der Waals surface area contributed by atoms with E-state index >= 15 is 0 Å². The number of nitrogens with zero attached hydrogens (tertiary/aromatic N) is 2. The van der Waals surface area contributed by atoms with E-state index in [9.17, 15) is 0 Å². The lowest BCUT2D eigenvalue weighted by Crippen LogP contribution is -2.09. The lowest BCUT2D eigenvalue weighted by molar-refractivity contribution is 0.808. The fourth-order valence-corrected chi connectivity index (χ4v) is 2.53. The number of aromatic nitrogens is 2. The number of hydrogen-bond donors (Lipinski definition) is 1. The number of nitrogens with one attached hydrogen (secondary N) is 1. The van der Waals surface area contributed by atoms with Crippen molar-refractivity contribution in [2.75, 3.05) is 7.05 Å². The van der Waals surface area contributed by atoms with Crippen LogP contribution in [0.1, 0.15) is 5.56 Å². The van der Waals surface area contributed by atoms with Crippen LogP contribution in [0.4, 0.5) is 0 Å². The van der Waals surface area contributed by atoms with E-state index in [-0.39, 0.29) is 0 Å². The quantitative estimate of drug-likeness (QED) is 0.791. The summed E-state index contributed by atoms with van der Waals surface area (Å²) in [5.74, 6) is 0. The molecule has 0 atom stereocenters. The molecule has 0 bridgehead atoms. The van der Waals surface area contributed by atoms with Crippen LogP contribution in [0, 0.1) is 0 Å². The predicted octanol–water partition coefficient (Wildman–Crippen LogP) is 3.91. The van der Waals surface area contributed by atoms with Gasteiger partial charge in [0.25, 0.3) is 0 Å². The van der Waals surface area contributed by atoms with E-state index in [1.54, 1.807) is 0 Å². The van der Waals surface area contributed by atoms with E-state index in [0.29, 0.717) is 0 Å². The van der Waals surface area contributed by atoms with Gasteiger partial charge in [0.2, 0.25) is 0 Å². The molecule has 0 radical (unpaired) electrons. The molecule has 0 saturated carbocycles. The van der Waals surface area contributed by atoms with Crippen molar-refractivity contribution < 1.29 is 0 Å². The second-order valence-electron chi connectivity index (χ2n) is 4.81. The Bertz CT molecular complexity index is 732. The molecule has 0 aliphatic heterocycles. The topological polar surface area (TPSA) is 29.9 Å². The molecule has 1 N–H and O–H groups in total. The number of para-hydroxylation sites is 1. The van der Waals surface area contributed by atoms with Gasteiger partial charge in [0.05, 0.1) is 23.9 Å². The molecular formula is C17H16ClN3. The van der Waals surface area contributed by atoms with Crippen molar-refractivity contribution in [3.05, 3.63) is 71.6 Å². The Morgan fingerprint density at radius 2 is 1.86 bits per heavy atom. The summed E-state index contributed by atoms with van der Waals surface area (Å²) in [6, 6.07) is 16.1. The zero-order chi connectivity index (χ0) is 14.7. The Labute approximate surface area is 129 Å². The van der Waals surface area contributed by atoms with Crippen molar-refractivity contribution >= 4 is 11.6 Å². The predicted molar refractivity (Wildman–Crippen MR) is 86.8 cm³/mol. The molecule has 0 amide bonds. The lowest BCUT2D eigenvalue weighted by atomic mass is 10.1. The van der Waals surface area contributed by atoms with Crippen molar-refractivity contribution in [3.63, 3.8) is 0 Å². The summed E-state index contributed by atoms with van der Waals surface area (Å²) in [4.78, 5) is 4.31. The van der Waals surface area contributed by atoms with Gasteiger partial charge in [-0.25, -0.2) is 4.98 Å². The van der Waals surface area contributed by atoms with Crippen molar-refractivity contribution in [2.24, 2.45) is 0 Å². The Morgan fingerprint density at radius 3 is 2.62 bits per heavy atom. The molecule has 0 fully saturated rings. The van der Waals surface area contributed by atoms with Gasteiger partial charge in [0.15, 0.2) is 0 Å². The van der Waals surface area contributed by atoms with Crippen molar-refractivity contribution in [1.82, 2.24) is 14.9 Å². The summed E-state index contributed by atoms with van der Waals surface area (Å²) < 4.78 is 2.11. The first-order chi connectivity index (χ1) is 10.3. The number of rotatable bonds is 4. The Balaban J connectivity index is 2.09. The number of halogens is 1. The largest absolute Gasteiger partial charge is 0.316 e. The summed E-state index contributed by atoms with van der Waals surface area (Å²) >= 11 is 5.97. The molecule has 1 heterocycles. The van der Waals surface area contributed by atoms with Crippen LogP contribution >= 0.6 is 11.6 Å². The third-order valence-corrected chi connectivity index (χ3v) is 3.65. The van der Waals surface area contributed by atoms with Gasteiger partial charge in [-0.1, -0.05) is 41.9 Å². The highest BCUT2D eigenvalue weighted by atomic mass is 35.5. The van der Waals surface area contributed by atoms with Gasteiger partial charge in [-0.2, -0.15) is 0 Å². The zero-order valence-electron chi connectivity index (χ0n) is 11.8. The van der Waals surface area contributed by atoms with Gasteiger partial charge < -0.3 is 5.32 Å². The minimum Gasteiger partial charge on any atom is -0.316 e. The Hall–Kier alpha value is -2.10. The standard InChI is InChI=1S/C17H16ClN3/c1-19-10-14-4-2-3-5-16(14)21-12-20-11-17(21)13-6-8-15(18)9-7-13/h2-9,11-12,19H,10H2,1H3. The first kappa shape index (κ1) is 13.9. The zero-order valence-corrected chi connectivity index (χ0v) is 12.5. The summed E-state index contributed by atoms with van der Waals surface area (Å²) in [6.45, 7) is 0.814.